The predicted molar refractivity (Wildman–Crippen MR) is 117 cm³/mol. The Hall–Kier alpha value is -2.75. The van der Waals surface area contributed by atoms with Crippen molar-refractivity contribution < 1.29 is 9.53 Å². The van der Waals surface area contributed by atoms with E-state index in [1.165, 1.54) is 29.3 Å². The van der Waals surface area contributed by atoms with Crippen LogP contribution < -0.4 is 10.1 Å². The molecule has 2 aromatic carbocycles. The normalized spacial score (nSPS) is 10.5. The second kappa shape index (κ2) is 9.17. The van der Waals surface area contributed by atoms with Crippen LogP contribution in [0, 0.1) is 0 Å². The van der Waals surface area contributed by atoms with Crippen molar-refractivity contribution in [3.63, 3.8) is 0 Å². The van der Waals surface area contributed by atoms with Crippen LogP contribution in [0.2, 0.25) is 0 Å². The SMILES string of the molecule is O=C(Nc1ccc(Sc2nncs2)cc1)c1ccc(Oc2cccc(Br)c2)nc1. The van der Waals surface area contributed by atoms with E-state index in [2.05, 4.69) is 36.4 Å². The maximum absolute atomic E-state index is 12.4. The molecule has 0 spiro atoms. The molecule has 0 atom stereocenters. The van der Waals surface area contributed by atoms with Gasteiger partial charge in [-0.1, -0.05) is 45.1 Å². The van der Waals surface area contributed by atoms with Crippen molar-refractivity contribution in [2.24, 2.45) is 0 Å². The maximum Gasteiger partial charge on any atom is 0.257 e. The molecule has 0 bridgehead atoms. The fourth-order valence-corrected chi connectivity index (χ4v) is 4.17. The number of benzene rings is 2. The van der Waals surface area contributed by atoms with Crippen molar-refractivity contribution in [2.75, 3.05) is 5.32 Å². The lowest BCUT2D eigenvalue weighted by atomic mass is 10.2. The van der Waals surface area contributed by atoms with Gasteiger partial charge in [-0.3, -0.25) is 4.79 Å². The van der Waals surface area contributed by atoms with E-state index in [4.69, 9.17) is 4.74 Å². The van der Waals surface area contributed by atoms with Crippen LogP contribution in [0.3, 0.4) is 0 Å². The van der Waals surface area contributed by atoms with Crippen LogP contribution in [0.4, 0.5) is 5.69 Å². The molecule has 2 heterocycles. The molecule has 4 rings (SSSR count). The summed E-state index contributed by atoms with van der Waals surface area (Å²) in [4.78, 5) is 17.7. The third-order valence-electron chi connectivity index (χ3n) is 3.67. The average Bonchev–Trinajstić information content (AvgIpc) is 3.23. The molecule has 0 aliphatic heterocycles. The molecule has 0 unspecified atom stereocenters. The van der Waals surface area contributed by atoms with Crippen LogP contribution in [0.5, 0.6) is 11.6 Å². The molecular formula is C20H13BrN4O2S2. The highest BCUT2D eigenvalue weighted by atomic mass is 79.9. The summed E-state index contributed by atoms with van der Waals surface area (Å²) < 4.78 is 7.47. The van der Waals surface area contributed by atoms with Gasteiger partial charge in [0.25, 0.3) is 5.91 Å². The minimum atomic E-state index is -0.240. The van der Waals surface area contributed by atoms with Crippen molar-refractivity contribution in [1.29, 1.82) is 0 Å². The van der Waals surface area contributed by atoms with Crippen LogP contribution >= 0.6 is 39.0 Å². The number of carbonyl (C=O) groups excluding carboxylic acids is 1. The molecule has 4 aromatic rings. The van der Waals surface area contributed by atoms with Gasteiger partial charge in [-0.15, -0.1) is 10.2 Å². The van der Waals surface area contributed by atoms with Gasteiger partial charge < -0.3 is 10.1 Å². The van der Waals surface area contributed by atoms with Gasteiger partial charge in [0.05, 0.1) is 5.56 Å². The van der Waals surface area contributed by atoms with Gasteiger partial charge in [0, 0.05) is 27.3 Å². The first-order valence-corrected chi connectivity index (χ1v) is 10.9. The zero-order valence-corrected chi connectivity index (χ0v) is 18.0. The number of anilines is 1. The van der Waals surface area contributed by atoms with Gasteiger partial charge in [0.1, 0.15) is 11.3 Å². The number of nitrogens with zero attached hydrogens (tertiary/aromatic N) is 3. The maximum atomic E-state index is 12.4. The average molecular weight is 485 g/mol. The first kappa shape index (κ1) is 19.6. The van der Waals surface area contributed by atoms with Crippen LogP contribution in [-0.2, 0) is 0 Å². The molecule has 0 saturated carbocycles. The van der Waals surface area contributed by atoms with Gasteiger partial charge in [-0.2, -0.15) is 0 Å². The zero-order chi connectivity index (χ0) is 20.1. The highest BCUT2D eigenvalue weighted by molar-refractivity contribution is 9.10. The summed E-state index contributed by atoms with van der Waals surface area (Å²) in [7, 11) is 0. The molecule has 0 saturated heterocycles. The number of rotatable bonds is 6. The number of pyridine rings is 1. The van der Waals surface area contributed by atoms with Crippen LogP contribution in [-0.4, -0.2) is 21.1 Å². The van der Waals surface area contributed by atoms with E-state index in [-0.39, 0.29) is 5.91 Å². The van der Waals surface area contributed by atoms with Gasteiger partial charge in [-0.05, 0) is 48.5 Å². The summed E-state index contributed by atoms with van der Waals surface area (Å²) in [6.07, 6.45) is 1.49. The van der Waals surface area contributed by atoms with E-state index in [0.717, 1.165) is 13.7 Å². The molecule has 9 heteroatoms. The Kier molecular flexibility index (Phi) is 6.18. The van der Waals surface area contributed by atoms with Crippen LogP contribution in [0.1, 0.15) is 10.4 Å². The predicted octanol–water partition coefficient (Wildman–Crippen LogP) is 5.89. The van der Waals surface area contributed by atoms with E-state index in [1.54, 1.807) is 17.6 Å². The molecule has 0 radical (unpaired) electrons. The standard InChI is InChI=1S/C20H13BrN4O2S2/c21-14-2-1-3-16(10-14)27-18-9-4-13(11-22-18)19(26)24-15-5-7-17(8-6-15)29-20-25-23-12-28-20/h1-12H,(H,24,26). The summed E-state index contributed by atoms with van der Waals surface area (Å²) in [5, 5.41) is 10.7. The Labute approximate surface area is 183 Å². The molecule has 0 aliphatic rings. The lowest BCUT2D eigenvalue weighted by molar-refractivity contribution is 0.102. The lowest BCUT2D eigenvalue weighted by Crippen LogP contribution is -2.12. The second-order valence-electron chi connectivity index (χ2n) is 5.73. The molecule has 0 aliphatic carbocycles. The quantitative estimate of drug-likeness (QED) is 0.367. The van der Waals surface area contributed by atoms with Crippen molar-refractivity contribution in [3.8, 4) is 11.6 Å². The molecular weight excluding hydrogens is 472 g/mol. The van der Waals surface area contributed by atoms with Crippen LogP contribution in [0.15, 0.2) is 86.1 Å². The van der Waals surface area contributed by atoms with Crippen molar-refractivity contribution in [1.82, 2.24) is 15.2 Å². The first-order chi connectivity index (χ1) is 14.2. The molecule has 1 N–H and O–H groups in total. The van der Waals surface area contributed by atoms with Crippen molar-refractivity contribution >= 4 is 50.6 Å². The van der Waals surface area contributed by atoms with Crippen LogP contribution in [0.25, 0.3) is 0 Å². The molecule has 6 nitrogen and oxygen atoms in total. The molecule has 144 valence electrons. The minimum Gasteiger partial charge on any atom is -0.439 e. The highest BCUT2D eigenvalue weighted by Crippen LogP contribution is 2.29. The number of aromatic nitrogens is 3. The summed E-state index contributed by atoms with van der Waals surface area (Å²) in [5.74, 6) is 0.837. The van der Waals surface area contributed by atoms with E-state index in [9.17, 15) is 4.79 Å². The smallest absolute Gasteiger partial charge is 0.257 e. The van der Waals surface area contributed by atoms with Crippen molar-refractivity contribution in [2.45, 2.75) is 9.24 Å². The number of halogens is 1. The van der Waals surface area contributed by atoms with Gasteiger partial charge in [0.15, 0.2) is 4.34 Å². The highest BCUT2D eigenvalue weighted by Gasteiger charge is 2.08. The largest absolute Gasteiger partial charge is 0.439 e. The Morgan fingerprint density at radius 2 is 1.97 bits per heavy atom. The molecule has 0 fully saturated rings. The Morgan fingerprint density at radius 1 is 1.10 bits per heavy atom. The number of carbonyl (C=O) groups is 1. The number of nitrogens with one attached hydrogen (secondary N) is 1. The summed E-state index contributed by atoms with van der Waals surface area (Å²) in [6.45, 7) is 0. The third-order valence-corrected chi connectivity index (χ3v) is 5.95. The lowest BCUT2D eigenvalue weighted by Gasteiger charge is -2.08. The Bertz CT molecular complexity index is 1100. The zero-order valence-electron chi connectivity index (χ0n) is 14.8. The fourth-order valence-electron chi connectivity index (χ4n) is 2.34. The number of amides is 1. The topological polar surface area (TPSA) is 77.0 Å². The monoisotopic (exact) mass is 484 g/mol. The van der Waals surface area contributed by atoms with E-state index >= 15 is 0 Å². The van der Waals surface area contributed by atoms with E-state index < -0.39 is 0 Å². The Morgan fingerprint density at radius 3 is 2.66 bits per heavy atom. The minimum absolute atomic E-state index is 0.240. The number of hydrogen-bond donors (Lipinski definition) is 1. The van der Waals surface area contributed by atoms with Gasteiger partial charge in [-0.25, -0.2) is 4.98 Å². The molecule has 1 amide bonds. The summed E-state index contributed by atoms with van der Waals surface area (Å²) in [6, 6.07) is 18.3. The first-order valence-electron chi connectivity index (χ1n) is 8.41. The number of hydrogen-bond acceptors (Lipinski definition) is 7. The van der Waals surface area contributed by atoms with Gasteiger partial charge >= 0.3 is 0 Å². The second-order valence-corrected chi connectivity index (χ2v) is 8.80. The molecule has 29 heavy (non-hydrogen) atoms. The fraction of sp³-hybridized carbons (Fsp3) is 0. The summed E-state index contributed by atoms with van der Waals surface area (Å²) in [5.41, 5.74) is 2.84. The number of ether oxygens (including phenoxy) is 1. The van der Waals surface area contributed by atoms with Gasteiger partial charge in [0.2, 0.25) is 5.88 Å². The van der Waals surface area contributed by atoms with Crippen molar-refractivity contribution in [3.05, 3.63) is 82.4 Å². The third kappa shape index (κ3) is 5.41. The summed E-state index contributed by atoms with van der Waals surface area (Å²) >= 11 is 6.41. The van der Waals surface area contributed by atoms with E-state index in [0.29, 0.717) is 22.9 Å². The Balaban J connectivity index is 1.36. The molecule has 2 aromatic heterocycles. The van der Waals surface area contributed by atoms with E-state index in [1.807, 2.05) is 48.5 Å².